The average molecular weight is 166 g/mol. The van der Waals surface area contributed by atoms with Gasteiger partial charge in [-0.1, -0.05) is 0 Å². The number of anilines is 1. The first-order valence-electron chi connectivity index (χ1n) is 4.00. The van der Waals surface area contributed by atoms with E-state index in [4.69, 9.17) is 10.5 Å². The topological polar surface area (TPSA) is 48.1 Å². The Morgan fingerprint density at radius 2 is 2.33 bits per heavy atom. The summed E-state index contributed by atoms with van der Waals surface area (Å²) >= 11 is 0. The van der Waals surface area contributed by atoms with Crippen LogP contribution >= 0.6 is 0 Å². The minimum absolute atomic E-state index is 0.226. The van der Waals surface area contributed by atoms with E-state index in [0.717, 1.165) is 11.3 Å². The molecule has 0 aliphatic heterocycles. The second-order valence-corrected chi connectivity index (χ2v) is 2.93. The Labute approximate surface area is 72.6 Å². The van der Waals surface area contributed by atoms with Crippen LogP contribution in [0.25, 0.3) is 0 Å². The molecule has 0 radical (unpaired) electrons. The fourth-order valence-electron chi connectivity index (χ4n) is 0.815. The van der Waals surface area contributed by atoms with Gasteiger partial charge in [0.25, 0.3) is 0 Å². The summed E-state index contributed by atoms with van der Waals surface area (Å²) in [7, 11) is 0. The molecule has 2 N–H and O–H groups in total. The number of nitrogens with zero attached hydrogens (tertiary/aromatic N) is 1. The SMILES string of the molecule is CC(C)OCc1cnccc1N. The Balaban J connectivity index is 2.57. The standard InChI is InChI=1S/C9H14N2O/c1-7(2)12-6-8-5-11-4-3-9(8)10/h3-5,7H,6H2,1-2H3,(H2,10,11). The molecule has 0 fully saturated rings. The fraction of sp³-hybridized carbons (Fsp3) is 0.444. The third-order valence-electron chi connectivity index (χ3n) is 1.51. The van der Waals surface area contributed by atoms with Gasteiger partial charge in [0, 0.05) is 23.6 Å². The molecule has 1 heterocycles. The number of nitrogen functional groups attached to an aromatic ring is 1. The molecule has 1 aromatic rings. The molecule has 0 amide bonds. The maximum Gasteiger partial charge on any atom is 0.0755 e. The van der Waals surface area contributed by atoms with Crippen molar-refractivity contribution in [1.29, 1.82) is 0 Å². The first-order valence-corrected chi connectivity index (χ1v) is 4.00. The molecular formula is C9H14N2O. The molecule has 0 saturated carbocycles. The van der Waals surface area contributed by atoms with E-state index in [1.807, 2.05) is 13.8 Å². The van der Waals surface area contributed by atoms with Gasteiger partial charge in [-0.15, -0.1) is 0 Å². The van der Waals surface area contributed by atoms with Crippen LogP contribution < -0.4 is 5.73 Å². The summed E-state index contributed by atoms with van der Waals surface area (Å²) in [6.07, 6.45) is 3.64. The second kappa shape index (κ2) is 4.07. The predicted octanol–water partition coefficient (Wildman–Crippen LogP) is 1.59. The van der Waals surface area contributed by atoms with Crippen LogP contribution in [0.1, 0.15) is 19.4 Å². The fourth-order valence-corrected chi connectivity index (χ4v) is 0.815. The average Bonchev–Trinajstić information content (AvgIpc) is 2.03. The molecule has 0 spiro atoms. The molecule has 0 saturated heterocycles. The van der Waals surface area contributed by atoms with E-state index < -0.39 is 0 Å². The number of hydrogen-bond acceptors (Lipinski definition) is 3. The van der Waals surface area contributed by atoms with Crippen molar-refractivity contribution < 1.29 is 4.74 Å². The lowest BCUT2D eigenvalue weighted by atomic mass is 10.2. The highest BCUT2D eigenvalue weighted by molar-refractivity contribution is 5.43. The number of hydrogen-bond donors (Lipinski definition) is 1. The van der Waals surface area contributed by atoms with Crippen molar-refractivity contribution in [3.8, 4) is 0 Å². The Kier molecular flexibility index (Phi) is 3.05. The van der Waals surface area contributed by atoms with Gasteiger partial charge in [0.05, 0.1) is 12.7 Å². The van der Waals surface area contributed by atoms with E-state index >= 15 is 0 Å². The summed E-state index contributed by atoms with van der Waals surface area (Å²) in [6, 6.07) is 1.78. The Hall–Kier alpha value is -1.09. The maximum atomic E-state index is 5.69. The highest BCUT2D eigenvalue weighted by Crippen LogP contribution is 2.10. The van der Waals surface area contributed by atoms with Crippen LogP contribution in [-0.2, 0) is 11.3 Å². The molecule has 0 bridgehead atoms. The lowest BCUT2D eigenvalue weighted by Crippen LogP contribution is -2.04. The molecule has 0 unspecified atom stereocenters. The number of pyridine rings is 1. The molecule has 0 aliphatic carbocycles. The summed E-state index contributed by atoms with van der Waals surface area (Å²) in [4.78, 5) is 3.96. The summed E-state index contributed by atoms with van der Waals surface area (Å²) in [6.45, 7) is 4.52. The van der Waals surface area contributed by atoms with Gasteiger partial charge in [-0.3, -0.25) is 4.98 Å². The summed E-state index contributed by atoms with van der Waals surface area (Å²) in [5, 5.41) is 0. The summed E-state index contributed by atoms with van der Waals surface area (Å²) < 4.78 is 5.39. The van der Waals surface area contributed by atoms with Gasteiger partial charge in [-0.2, -0.15) is 0 Å². The smallest absolute Gasteiger partial charge is 0.0755 e. The van der Waals surface area contributed by atoms with Crippen molar-refractivity contribution >= 4 is 5.69 Å². The molecule has 0 atom stereocenters. The van der Waals surface area contributed by atoms with Gasteiger partial charge >= 0.3 is 0 Å². The number of nitrogens with two attached hydrogens (primary N) is 1. The van der Waals surface area contributed by atoms with Gasteiger partial charge < -0.3 is 10.5 Å². The first kappa shape index (κ1) is 9.00. The molecule has 1 rings (SSSR count). The van der Waals surface area contributed by atoms with Gasteiger partial charge in [-0.25, -0.2) is 0 Å². The van der Waals surface area contributed by atoms with Crippen LogP contribution in [0.5, 0.6) is 0 Å². The largest absolute Gasteiger partial charge is 0.398 e. The Bertz CT molecular complexity index is 248. The van der Waals surface area contributed by atoms with Gasteiger partial charge in [0.1, 0.15) is 0 Å². The third kappa shape index (κ3) is 2.51. The van der Waals surface area contributed by atoms with E-state index in [1.165, 1.54) is 0 Å². The zero-order chi connectivity index (χ0) is 8.97. The van der Waals surface area contributed by atoms with Crippen molar-refractivity contribution in [2.75, 3.05) is 5.73 Å². The number of ether oxygens (including phenoxy) is 1. The molecular weight excluding hydrogens is 152 g/mol. The minimum Gasteiger partial charge on any atom is -0.398 e. The summed E-state index contributed by atoms with van der Waals surface area (Å²) in [5.41, 5.74) is 7.38. The van der Waals surface area contributed by atoms with E-state index in [9.17, 15) is 0 Å². The zero-order valence-corrected chi connectivity index (χ0v) is 7.45. The number of aromatic nitrogens is 1. The molecule has 12 heavy (non-hydrogen) atoms. The lowest BCUT2D eigenvalue weighted by Gasteiger charge is -2.08. The molecule has 1 aromatic heterocycles. The van der Waals surface area contributed by atoms with Crippen LogP contribution in [0.4, 0.5) is 5.69 Å². The van der Waals surface area contributed by atoms with E-state index in [2.05, 4.69) is 4.98 Å². The first-order chi connectivity index (χ1) is 5.70. The summed E-state index contributed by atoms with van der Waals surface area (Å²) in [5.74, 6) is 0. The lowest BCUT2D eigenvalue weighted by molar-refractivity contribution is 0.0659. The van der Waals surface area contributed by atoms with Crippen LogP contribution in [0.3, 0.4) is 0 Å². The van der Waals surface area contributed by atoms with Crippen molar-refractivity contribution in [1.82, 2.24) is 4.98 Å². The highest BCUT2D eigenvalue weighted by Gasteiger charge is 1.99. The van der Waals surface area contributed by atoms with Gasteiger partial charge in [0.15, 0.2) is 0 Å². The zero-order valence-electron chi connectivity index (χ0n) is 7.45. The Morgan fingerprint density at radius 1 is 1.58 bits per heavy atom. The Morgan fingerprint density at radius 3 is 2.92 bits per heavy atom. The second-order valence-electron chi connectivity index (χ2n) is 2.93. The maximum absolute atomic E-state index is 5.69. The molecule has 66 valence electrons. The quantitative estimate of drug-likeness (QED) is 0.741. The van der Waals surface area contributed by atoms with Gasteiger partial charge in [0.2, 0.25) is 0 Å². The van der Waals surface area contributed by atoms with Crippen LogP contribution in [0.2, 0.25) is 0 Å². The van der Waals surface area contributed by atoms with E-state index in [1.54, 1.807) is 18.5 Å². The highest BCUT2D eigenvalue weighted by atomic mass is 16.5. The van der Waals surface area contributed by atoms with E-state index in [-0.39, 0.29) is 6.10 Å². The van der Waals surface area contributed by atoms with E-state index in [0.29, 0.717) is 6.61 Å². The van der Waals surface area contributed by atoms with Crippen LogP contribution in [-0.4, -0.2) is 11.1 Å². The van der Waals surface area contributed by atoms with Crippen LogP contribution in [0, 0.1) is 0 Å². The van der Waals surface area contributed by atoms with Crippen LogP contribution in [0.15, 0.2) is 18.5 Å². The molecule has 3 heteroatoms. The predicted molar refractivity (Wildman–Crippen MR) is 48.6 cm³/mol. The van der Waals surface area contributed by atoms with Crippen molar-refractivity contribution in [3.05, 3.63) is 24.0 Å². The monoisotopic (exact) mass is 166 g/mol. The van der Waals surface area contributed by atoms with Gasteiger partial charge in [-0.05, 0) is 19.9 Å². The molecule has 3 nitrogen and oxygen atoms in total. The van der Waals surface area contributed by atoms with Crippen molar-refractivity contribution in [3.63, 3.8) is 0 Å². The minimum atomic E-state index is 0.226. The third-order valence-corrected chi connectivity index (χ3v) is 1.51. The normalized spacial score (nSPS) is 10.6. The molecule has 0 aromatic carbocycles. The van der Waals surface area contributed by atoms with Crippen molar-refractivity contribution in [2.45, 2.75) is 26.6 Å². The number of rotatable bonds is 3. The van der Waals surface area contributed by atoms with Crippen molar-refractivity contribution in [2.24, 2.45) is 0 Å². The molecule has 0 aliphatic rings.